The molecule has 2 aliphatic heterocycles. The molecule has 0 radical (unpaired) electrons. The van der Waals surface area contributed by atoms with Gasteiger partial charge in [0.1, 0.15) is 18.3 Å². The van der Waals surface area contributed by atoms with Crippen molar-refractivity contribution in [2.75, 3.05) is 31.5 Å². The molecule has 1 unspecified atom stereocenters. The molecule has 11 nitrogen and oxygen atoms in total. The third kappa shape index (κ3) is 6.40. The van der Waals surface area contributed by atoms with Gasteiger partial charge in [0.2, 0.25) is 0 Å². The van der Waals surface area contributed by atoms with Crippen molar-refractivity contribution in [2.24, 2.45) is 0 Å². The maximum atomic E-state index is 13.8. The molecule has 1 atom stereocenters. The lowest BCUT2D eigenvalue weighted by Gasteiger charge is -2.47. The molecule has 3 aromatic rings. The van der Waals surface area contributed by atoms with Crippen LogP contribution in [0.15, 0.2) is 36.8 Å². The van der Waals surface area contributed by atoms with E-state index in [0.29, 0.717) is 37.4 Å². The molecule has 0 spiro atoms. The van der Waals surface area contributed by atoms with Crippen LogP contribution in [-0.4, -0.2) is 96.0 Å². The van der Waals surface area contributed by atoms with Crippen LogP contribution in [0.25, 0.3) is 11.3 Å². The van der Waals surface area contributed by atoms with E-state index in [1.807, 2.05) is 0 Å². The van der Waals surface area contributed by atoms with E-state index in [1.165, 1.54) is 36.3 Å². The summed E-state index contributed by atoms with van der Waals surface area (Å²) >= 11 is 0. The number of halogens is 4. The van der Waals surface area contributed by atoms with E-state index in [4.69, 9.17) is 0 Å². The van der Waals surface area contributed by atoms with E-state index >= 15 is 0 Å². The Morgan fingerprint density at radius 3 is 2.49 bits per heavy atom. The number of carbonyl (C=O) groups excluding carboxylic acids is 2. The molecule has 0 aliphatic carbocycles. The summed E-state index contributed by atoms with van der Waals surface area (Å²) in [7, 11) is 0. The van der Waals surface area contributed by atoms with Crippen LogP contribution in [-0.2, 0) is 11.3 Å². The van der Waals surface area contributed by atoms with Crippen LogP contribution in [0.4, 0.5) is 23.2 Å². The highest BCUT2D eigenvalue weighted by atomic mass is 19.3. The van der Waals surface area contributed by atoms with Crippen LogP contribution in [0, 0.1) is 0 Å². The Kier molecular flexibility index (Phi) is 8.35. The molecule has 2 amide bonds. The van der Waals surface area contributed by atoms with Crippen molar-refractivity contribution in [3.05, 3.63) is 48.2 Å². The maximum absolute atomic E-state index is 13.8. The minimum absolute atomic E-state index is 0.0488. The summed E-state index contributed by atoms with van der Waals surface area (Å²) < 4.78 is 55.4. The van der Waals surface area contributed by atoms with Crippen LogP contribution in [0.5, 0.6) is 0 Å². The highest BCUT2D eigenvalue weighted by molar-refractivity contribution is 6.03. The summed E-state index contributed by atoms with van der Waals surface area (Å²) in [4.78, 5) is 33.1. The summed E-state index contributed by atoms with van der Waals surface area (Å²) in [5, 5.41) is 19.9. The normalized spacial score (nSPS) is 17.7. The number of rotatable bonds is 9. The van der Waals surface area contributed by atoms with E-state index in [2.05, 4.69) is 25.4 Å². The van der Waals surface area contributed by atoms with Crippen LogP contribution in [0.1, 0.15) is 48.4 Å². The van der Waals surface area contributed by atoms with Gasteiger partial charge in [-0.15, -0.1) is 0 Å². The predicted molar refractivity (Wildman–Crippen MR) is 138 cm³/mol. The SMILES string of the molecule is CC(O)C(=O)N1CCC(N2CC(n3cc(NC(=O)c4cccc(-c5cnn(CC(F)F)c5)n4)c(C(F)F)n3)C2)CC1. The van der Waals surface area contributed by atoms with E-state index in [-0.39, 0.29) is 29.4 Å². The number of hydrogen-bond acceptors (Lipinski definition) is 7. The fourth-order valence-electron chi connectivity index (χ4n) is 5.16. The molecule has 220 valence electrons. The number of carbonyl (C=O) groups is 2. The number of piperidine rings is 1. The molecule has 3 aromatic heterocycles. The van der Waals surface area contributed by atoms with Crippen molar-refractivity contribution in [3.8, 4) is 11.3 Å². The summed E-state index contributed by atoms with van der Waals surface area (Å²) in [6.07, 6.45) is -0.876. The van der Waals surface area contributed by atoms with Gasteiger partial charge in [0.25, 0.3) is 24.7 Å². The summed E-state index contributed by atoms with van der Waals surface area (Å²) in [5.74, 6) is -1.000. The third-order valence-electron chi connectivity index (χ3n) is 7.37. The fraction of sp³-hybridized carbons (Fsp3) is 0.500. The molecular weight excluding hydrogens is 548 g/mol. The summed E-state index contributed by atoms with van der Waals surface area (Å²) in [5.41, 5.74) is 0.0264. The number of nitrogens with one attached hydrogen (secondary N) is 1. The van der Waals surface area contributed by atoms with Crippen LogP contribution in [0.2, 0.25) is 0 Å². The average molecular weight is 579 g/mol. The maximum Gasteiger partial charge on any atom is 0.284 e. The largest absolute Gasteiger partial charge is 0.384 e. The lowest BCUT2D eigenvalue weighted by molar-refractivity contribution is -0.141. The third-order valence-corrected chi connectivity index (χ3v) is 7.37. The van der Waals surface area contributed by atoms with Crippen molar-refractivity contribution in [3.63, 3.8) is 0 Å². The first-order valence-corrected chi connectivity index (χ1v) is 13.3. The van der Waals surface area contributed by atoms with Gasteiger partial charge >= 0.3 is 0 Å². The van der Waals surface area contributed by atoms with Gasteiger partial charge < -0.3 is 15.3 Å². The molecule has 2 aliphatic rings. The van der Waals surface area contributed by atoms with Crippen molar-refractivity contribution < 1.29 is 32.3 Å². The summed E-state index contributed by atoms with van der Waals surface area (Å²) in [6.45, 7) is 3.16. The van der Waals surface area contributed by atoms with Crippen molar-refractivity contribution in [1.29, 1.82) is 0 Å². The number of hydrogen-bond donors (Lipinski definition) is 2. The molecule has 5 rings (SSSR count). The Labute approximate surface area is 232 Å². The highest BCUT2D eigenvalue weighted by Crippen LogP contribution is 2.32. The van der Waals surface area contributed by atoms with E-state index in [9.17, 15) is 32.3 Å². The molecule has 2 fully saturated rings. The smallest absolute Gasteiger partial charge is 0.284 e. The van der Waals surface area contributed by atoms with Gasteiger partial charge in [0, 0.05) is 50.2 Å². The lowest BCUT2D eigenvalue weighted by Crippen LogP contribution is -2.56. The first-order valence-electron chi connectivity index (χ1n) is 13.3. The Hall–Kier alpha value is -3.85. The number of aliphatic hydroxyl groups excluding tert-OH is 1. The van der Waals surface area contributed by atoms with Crippen molar-refractivity contribution in [2.45, 2.75) is 57.3 Å². The number of amides is 2. The summed E-state index contributed by atoms with van der Waals surface area (Å²) in [6, 6.07) is 4.64. The number of aliphatic hydroxyl groups is 1. The Bertz CT molecular complexity index is 1380. The lowest BCUT2D eigenvalue weighted by atomic mass is 9.97. The molecular formula is C26H30F4N8O3. The minimum Gasteiger partial charge on any atom is -0.384 e. The van der Waals surface area contributed by atoms with E-state index < -0.39 is 37.1 Å². The first-order chi connectivity index (χ1) is 19.6. The van der Waals surface area contributed by atoms with Crippen LogP contribution < -0.4 is 5.32 Å². The number of aromatic nitrogens is 5. The number of pyridine rings is 1. The molecule has 5 heterocycles. The number of alkyl halides is 4. The second kappa shape index (κ2) is 11.9. The molecule has 0 saturated carbocycles. The molecule has 2 saturated heterocycles. The Morgan fingerprint density at radius 1 is 1.10 bits per heavy atom. The number of anilines is 1. The number of likely N-dealkylation sites (tertiary alicyclic amines) is 2. The molecule has 0 aromatic carbocycles. The second-order valence-corrected chi connectivity index (χ2v) is 10.3. The standard InChI is InChI=1S/C26H30F4N8O3/c1-15(39)26(41)35-7-5-17(6-8-35)36-11-18(12-36)38-13-21(23(34-38)24(29)30)33-25(40)20-4-2-3-19(32-20)16-9-31-37(10-16)14-22(27)28/h2-4,9-10,13,15,17-18,22,24,39H,5-8,11-12,14H2,1H3,(H,33,40). The van der Waals surface area contributed by atoms with Crippen molar-refractivity contribution >= 4 is 17.5 Å². The zero-order valence-electron chi connectivity index (χ0n) is 22.2. The van der Waals surface area contributed by atoms with Crippen LogP contribution in [0.3, 0.4) is 0 Å². The van der Waals surface area contributed by atoms with Gasteiger partial charge in [0.05, 0.1) is 23.6 Å². The Morgan fingerprint density at radius 2 is 1.83 bits per heavy atom. The molecule has 41 heavy (non-hydrogen) atoms. The van der Waals surface area contributed by atoms with Gasteiger partial charge in [-0.2, -0.15) is 10.2 Å². The molecule has 15 heteroatoms. The first kappa shape index (κ1) is 28.7. The van der Waals surface area contributed by atoms with Gasteiger partial charge in [-0.3, -0.25) is 23.9 Å². The zero-order chi connectivity index (χ0) is 29.3. The van der Waals surface area contributed by atoms with E-state index in [0.717, 1.165) is 17.5 Å². The molecule has 0 bridgehead atoms. The minimum atomic E-state index is -2.92. The van der Waals surface area contributed by atoms with Gasteiger partial charge in [0.15, 0.2) is 5.69 Å². The topological polar surface area (TPSA) is 121 Å². The zero-order valence-corrected chi connectivity index (χ0v) is 22.2. The van der Waals surface area contributed by atoms with Crippen LogP contribution >= 0.6 is 0 Å². The average Bonchev–Trinajstić information content (AvgIpc) is 3.55. The predicted octanol–water partition coefficient (Wildman–Crippen LogP) is 2.83. The molecule has 2 N–H and O–H groups in total. The van der Waals surface area contributed by atoms with Gasteiger partial charge in [-0.25, -0.2) is 22.5 Å². The number of nitrogens with zero attached hydrogens (tertiary/aromatic N) is 7. The monoisotopic (exact) mass is 578 g/mol. The fourth-order valence-corrected chi connectivity index (χ4v) is 5.16. The van der Waals surface area contributed by atoms with Gasteiger partial charge in [-0.1, -0.05) is 6.07 Å². The van der Waals surface area contributed by atoms with E-state index in [1.54, 1.807) is 17.0 Å². The van der Waals surface area contributed by atoms with Gasteiger partial charge in [-0.05, 0) is 31.9 Å². The van der Waals surface area contributed by atoms with Crippen molar-refractivity contribution in [1.82, 2.24) is 34.3 Å². The second-order valence-electron chi connectivity index (χ2n) is 10.3. The highest BCUT2D eigenvalue weighted by Gasteiger charge is 2.37. The Balaban J connectivity index is 1.21. The quantitative estimate of drug-likeness (QED) is 0.375.